The van der Waals surface area contributed by atoms with E-state index in [4.69, 9.17) is 17.0 Å². The van der Waals surface area contributed by atoms with Crippen LogP contribution in [0.4, 0.5) is 0 Å². The maximum absolute atomic E-state index is 11.5. The van der Waals surface area contributed by atoms with Crippen molar-refractivity contribution in [3.63, 3.8) is 0 Å². The lowest BCUT2D eigenvalue weighted by atomic mass is 10.2. The highest BCUT2D eigenvalue weighted by molar-refractivity contribution is 8.26. The van der Waals surface area contributed by atoms with Gasteiger partial charge in [0.2, 0.25) is 0 Å². The van der Waals surface area contributed by atoms with Gasteiger partial charge in [0.1, 0.15) is 4.32 Å². The van der Waals surface area contributed by atoms with Crippen molar-refractivity contribution < 1.29 is 14.6 Å². The van der Waals surface area contributed by atoms with Crippen molar-refractivity contribution in [3.8, 4) is 11.5 Å². The number of phenols is 1. The van der Waals surface area contributed by atoms with E-state index in [1.54, 1.807) is 24.3 Å². The fraction of sp³-hybridized carbons (Fsp3) is 0.167. The van der Waals surface area contributed by atoms with Crippen LogP contribution in [0.25, 0.3) is 6.08 Å². The molecule has 1 fully saturated rings. The Morgan fingerprint density at radius 3 is 2.89 bits per heavy atom. The molecule has 1 aromatic rings. The molecular weight excluding hydrogens is 270 g/mol. The van der Waals surface area contributed by atoms with Crippen LogP contribution in [-0.4, -0.2) is 21.9 Å². The van der Waals surface area contributed by atoms with Crippen LogP contribution in [0.5, 0.6) is 11.5 Å². The number of hydrogen-bond donors (Lipinski definition) is 2. The number of rotatable bonds is 3. The number of nitrogens with one attached hydrogen (secondary N) is 1. The van der Waals surface area contributed by atoms with Crippen molar-refractivity contribution >= 4 is 40.3 Å². The highest BCUT2D eigenvalue weighted by Crippen LogP contribution is 2.30. The maximum atomic E-state index is 11.5. The van der Waals surface area contributed by atoms with Crippen LogP contribution >= 0.6 is 24.0 Å². The molecule has 0 atom stereocenters. The predicted molar refractivity (Wildman–Crippen MR) is 75.6 cm³/mol. The van der Waals surface area contributed by atoms with Crippen LogP contribution < -0.4 is 10.1 Å². The number of hydrogen-bond acceptors (Lipinski definition) is 5. The van der Waals surface area contributed by atoms with Gasteiger partial charge in [-0.3, -0.25) is 4.79 Å². The number of aromatic hydroxyl groups is 1. The second-order valence-electron chi connectivity index (χ2n) is 3.51. The van der Waals surface area contributed by atoms with E-state index in [2.05, 4.69) is 5.32 Å². The summed E-state index contributed by atoms with van der Waals surface area (Å²) in [6.45, 7) is 2.33. The summed E-state index contributed by atoms with van der Waals surface area (Å²) in [6.07, 6.45) is 1.68. The van der Waals surface area contributed by atoms with Gasteiger partial charge in [-0.1, -0.05) is 30.0 Å². The van der Waals surface area contributed by atoms with Gasteiger partial charge in [0, 0.05) is 0 Å². The smallest absolute Gasteiger partial charge is 0.263 e. The lowest BCUT2D eigenvalue weighted by molar-refractivity contribution is -0.115. The molecular formula is C12H11NO3S2. The lowest BCUT2D eigenvalue weighted by Crippen LogP contribution is -2.17. The molecule has 0 aromatic heterocycles. The molecule has 0 aliphatic carbocycles. The summed E-state index contributed by atoms with van der Waals surface area (Å²) in [4.78, 5) is 12.0. The van der Waals surface area contributed by atoms with Gasteiger partial charge in [-0.2, -0.15) is 0 Å². The Hall–Kier alpha value is -1.53. The second-order valence-corrected chi connectivity index (χ2v) is 5.23. The SMILES string of the molecule is CCOc1ccc(C=C2SC(=S)NC2=O)cc1O. The van der Waals surface area contributed by atoms with E-state index in [0.29, 0.717) is 21.6 Å². The van der Waals surface area contributed by atoms with Crippen molar-refractivity contribution in [2.75, 3.05) is 6.61 Å². The van der Waals surface area contributed by atoms with Crippen molar-refractivity contribution in [1.82, 2.24) is 5.32 Å². The first-order chi connectivity index (χ1) is 8.60. The molecule has 2 rings (SSSR count). The van der Waals surface area contributed by atoms with E-state index in [1.165, 1.54) is 11.8 Å². The Morgan fingerprint density at radius 2 is 2.33 bits per heavy atom. The number of benzene rings is 1. The monoisotopic (exact) mass is 281 g/mol. The number of carbonyl (C=O) groups excluding carboxylic acids is 1. The van der Waals surface area contributed by atoms with Crippen molar-refractivity contribution in [2.45, 2.75) is 6.92 Å². The molecule has 0 spiro atoms. The molecule has 1 saturated heterocycles. The minimum atomic E-state index is -0.210. The first kappa shape index (κ1) is 12.9. The van der Waals surface area contributed by atoms with Crippen LogP contribution in [0.1, 0.15) is 12.5 Å². The molecule has 0 saturated carbocycles. The van der Waals surface area contributed by atoms with E-state index in [-0.39, 0.29) is 11.7 Å². The zero-order valence-electron chi connectivity index (χ0n) is 9.60. The Balaban J connectivity index is 2.25. The molecule has 0 bridgehead atoms. The molecule has 1 amide bonds. The standard InChI is InChI=1S/C12H11NO3S2/c1-2-16-9-4-3-7(5-8(9)14)6-10-11(15)13-12(17)18-10/h3-6,14H,2H2,1H3,(H,13,15,17). The minimum absolute atomic E-state index is 0.0529. The van der Waals surface area contributed by atoms with Crippen LogP contribution in [0.15, 0.2) is 23.1 Å². The summed E-state index contributed by atoms with van der Waals surface area (Å²) >= 11 is 6.10. The van der Waals surface area contributed by atoms with E-state index in [1.807, 2.05) is 6.92 Å². The van der Waals surface area contributed by atoms with Gasteiger partial charge < -0.3 is 15.2 Å². The number of carbonyl (C=O) groups is 1. The quantitative estimate of drug-likeness (QED) is 0.657. The summed E-state index contributed by atoms with van der Waals surface area (Å²) in [5.41, 5.74) is 0.721. The zero-order valence-corrected chi connectivity index (χ0v) is 11.2. The summed E-state index contributed by atoms with van der Waals surface area (Å²) in [5.74, 6) is 0.272. The van der Waals surface area contributed by atoms with Crippen molar-refractivity contribution in [2.24, 2.45) is 0 Å². The normalized spacial score (nSPS) is 17.1. The van der Waals surface area contributed by atoms with Crippen LogP contribution in [0, 0.1) is 0 Å². The zero-order chi connectivity index (χ0) is 13.1. The highest BCUT2D eigenvalue weighted by atomic mass is 32.2. The Kier molecular flexibility index (Phi) is 3.88. The van der Waals surface area contributed by atoms with E-state index < -0.39 is 0 Å². The number of thioether (sulfide) groups is 1. The van der Waals surface area contributed by atoms with Crippen LogP contribution in [0.3, 0.4) is 0 Å². The number of amides is 1. The third-order valence-corrected chi connectivity index (χ3v) is 3.39. The topological polar surface area (TPSA) is 58.6 Å². The van der Waals surface area contributed by atoms with E-state index in [0.717, 1.165) is 5.56 Å². The van der Waals surface area contributed by atoms with Crippen LogP contribution in [0.2, 0.25) is 0 Å². The summed E-state index contributed by atoms with van der Waals surface area (Å²) in [5, 5.41) is 12.3. The maximum Gasteiger partial charge on any atom is 0.263 e. The molecule has 1 aliphatic heterocycles. The van der Waals surface area contributed by atoms with Gasteiger partial charge in [-0.15, -0.1) is 0 Å². The van der Waals surface area contributed by atoms with Gasteiger partial charge in [0.05, 0.1) is 11.5 Å². The van der Waals surface area contributed by atoms with Crippen molar-refractivity contribution in [1.29, 1.82) is 0 Å². The molecule has 1 aliphatic rings. The van der Waals surface area contributed by atoms with Gasteiger partial charge in [-0.05, 0) is 30.7 Å². The molecule has 6 heteroatoms. The second kappa shape index (κ2) is 5.41. The minimum Gasteiger partial charge on any atom is -0.504 e. The van der Waals surface area contributed by atoms with Gasteiger partial charge in [0.25, 0.3) is 5.91 Å². The average molecular weight is 281 g/mol. The Labute approximate surface area is 114 Å². The molecule has 0 radical (unpaired) electrons. The van der Waals surface area contributed by atoms with E-state index in [9.17, 15) is 9.90 Å². The predicted octanol–water partition coefficient (Wildman–Crippen LogP) is 2.28. The van der Waals surface area contributed by atoms with Gasteiger partial charge >= 0.3 is 0 Å². The molecule has 1 aromatic carbocycles. The largest absolute Gasteiger partial charge is 0.504 e. The summed E-state index contributed by atoms with van der Waals surface area (Å²) < 4.78 is 5.67. The fourth-order valence-electron chi connectivity index (χ4n) is 1.47. The number of thiocarbonyl (C=S) groups is 1. The highest BCUT2D eigenvalue weighted by Gasteiger charge is 2.21. The fourth-order valence-corrected chi connectivity index (χ4v) is 2.52. The van der Waals surface area contributed by atoms with Gasteiger partial charge in [-0.25, -0.2) is 0 Å². The van der Waals surface area contributed by atoms with Crippen LogP contribution in [-0.2, 0) is 4.79 Å². The molecule has 2 N–H and O–H groups in total. The molecule has 4 nitrogen and oxygen atoms in total. The number of phenolic OH excluding ortho intramolecular Hbond substituents is 1. The van der Waals surface area contributed by atoms with Gasteiger partial charge in [0.15, 0.2) is 11.5 Å². The van der Waals surface area contributed by atoms with Crippen molar-refractivity contribution in [3.05, 3.63) is 28.7 Å². The summed E-state index contributed by atoms with van der Waals surface area (Å²) in [7, 11) is 0. The Bertz CT molecular complexity index is 540. The third kappa shape index (κ3) is 2.83. The Morgan fingerprint density at radius 1 is 1.56 bits per heavy atom. The summed E-state index contributed by atoms with van der Waals surface area (Å²) in [6, 6.07) is 4.99. The van der Waals surface area contributed by atoms with E-state index >= 15 is 0 Å². The molecule has 0 unspecified atom stereocenters. The third-order valence-electron chi connectivity index (χ3n) is 2.22. The molecule has 94 valence electrons. The average Bonchev–Trinajstić information content (AvgIpc) is 2.61. The number of ether oxygens (including phenoxy) is 1. The molecule has 18 heavy (non-hydrogen) atoms. The first-order valence-corrected chi connectivity index (χ1v) is 6.53. The molecule has 1 heterocycles. The first-order valence-electron chi connectivity index (χ1n) is 5.31. The lowest BCUT2D eigenvalue weighted by Gasteiger charge is -2.06.